The quantitative estimate of drug-likeness (QED) is 0.714. The molecule has 0 saturated carbocycles. The van der Waals surface area contributed by atoms with Crippen LogP contribution in [-0.2, 0) is 0 Å². The molecule has 1 atom stereocenters. The minimum Gasteiger partial charge on any atom is -0.396 e. The van der Waals surface area contributed by atoms with Crippen LogP contribution in [-0.4, -0.2) is 47.9 Å². The summed E-state index contributed by atoms with van der Waals surface area (Å²) in [4.78, 5) is 18.5. The van der Waals surface area contributed by atoms with Crippen molar-refractivity contribution in [1.29, 1.82) is 0 Å². The van der Waals surface area contributed by atoms with E-state index in [1.807, 2.05) is 38.4 Å². The molecule has 0 spiro atoms. The maximum absolute atomic E-state index is 12.1. The highest BCUT2D eigenvalue weighted by Gasteiger charge is 2.24. The first-order chi connectivity index (χ1) is 11.6. The Balaban J connectivity index is 1.71. The predicted molar refractivity (Wildman–Crippen MR) is 96.1 cm³/mol. The fraction of sp³-hybridized carbons (Fsp3) is 0.667. The van der Waals surface area contributed by atoms with Crippen molar-refractivity contribution in [3.05, 3.63) is 24.5 Å². The number of nitrogens with one attached hydrogen (secondary N) is 2. The van der Waals surface area contributed by atoms with Crippen molar-refractivity contribution in [2.24, 2.45) is 5.92 Å². The molecular formula is C18H30N4O2. The highest BCUT2D eigenvalue weighted by molar-refractivity contribution is 5.74. The second kappa shape index (κ2) is 8.87. The number of rotatable bonds is 7. The average Bonchev–Trinajstić information content (AvgIpc) is 2.61. The van der Waals surface area contributed by atoms with Gasteiger partial charge in [-0.25, -0.2) is 4.79 Å². The fourth-order valence-corrected chi connectivity index (χ4v) is 3.08. The van der Waals surface area contributed by atoms with E-state index < -0.39 is 0 Å². The van der Waals surface area contributed by atoms with Crippen molar-refractivity contribution in [3.8, 4) is 0 Å². The van der Waals surface area contributed by atoms with Crippen LogP contribution in [0.2, 0.25) is 0 Å². The van der Waals surface area contributed by atoms with Gasteiger partial charge in [-0.1, -0.05) is 6.92 Å². The van der Waals surface area contributed by atoms with Crippen LogP contribution in [0.15, 0.2) is 24.5 Å². The van der Waals surface area contributed by atoms with Crippen LogP contribution in [0.4, 0.5) is 10.5 Å². The van der Waals surface area contributed by atoms with Gasteiger partial charge in [0.05, 0.1) is 0 Å². The second-order valence-corrected chi connectivity index (χ2v) is 6.86. The van der Waals surface area contributed by atoms with Crippen LogP contribution >= 0.6 is 0 Å². The van der Waals surface area contributed by atoms with E-state index in [-0.39, 0.29) is 18.2 Å². The van der Waals surface area contributed by atoms with Gasteiger partial charge in [0.15, 0.2) is 0 Å². The van der Waals surface area contributed by atoms with Crippen LogP contribution in [0.3, 0.4) is 0 Å². The normalized spacial score (nSPS) is 18.0. The van der Waals surface area contributed by atoms with E-state index >= 15 is 0 Å². The predicted octanol–water partition coefficient (Wildman–Crippen LogP) is 2.15. The molecule has 3 N–H and O–H groups in total. The summed E-state index contributed by atoms with van der Waals surface area (Å²) in [6.45, 7) is 6.79. The van der Waals surface area contributed by atoms with E-state index in [0.29, 0.717) is 18.9 Å². The molecule has 6 heteroatoms. The van der Waals surface area contributed by atoms with Gasteiger partial charge in [-0.2, -0.15) is 0 Å². The Morgan fingerprint density at radius 3 is 2.62 bits per heavy atom. The van der Waals surface area contributed by atoms with Crippen molar-refractivity contribution in [3.63, 3.8) is 0 Å². The topological polar surface area (TPSA) is 77.5 Å². The molecule has 134 valence electrons. The van der Waals surface area contributed by atoms with E-state index in [1.165, 1.54) is 5.69 Å². The van der Waals surface area contributed by atoms with Gasteiger partial charge in [-0.3, -0.25) is 4.98 Å². The van der Waals surface area contributed by atoms with Gasteiger partial charge >= 0.3 is 6.03 Å². The molecule has 2 heterocycles. The Bertz CT molecular complexity index is 503. The molecular weight excluding hydrogens is 304 g/mol. The summed E-state index contributed by atoms with van der Waals surface area (Å²) in [5.74, 6) is 0.513. The van der Waals surface area contributed by atoms with Crippen molar-refractivity contribution in [2.75, 3.05) is 31.1 Å². The molecule has 0 aromatic carbocycles. The van der Waals surface area contributed by atoms with Crippen molar-refractivity contribution in [2.45, 2.75) is 45.1 Å². The number of piperidine rings is 1. The Labute approximate surface area is 144 Å². The first kappa shape index (κ1) is 18.5. The summed E-state index contributed by atoms with van der Waals surface area (Å²) in [6.07, 6.45) is 7.16. The summed E-state index contributed by atoms with van der Waals surface area (Å²) in [5, 5.41) is 15.1. The Morgan fingerprint density at radius 2 is 2.04 bits per heavy atom. The lowest BCUT2D eigenvalue weighted by atomic mass is 9.95. The molecule has 0 aliphatic carbocycles. The molecule has 1 unspecified atom stereocenters. The van der Waals surface area contributed by atoms with Gasteiger partial charge in [0.2, 0.25) is 0 Å². The maximum atomic E-state index is 12.1. The van der Waals surface area contributed by atoms with E-state index in [2.05, 4.69) is 20.5 Å². The molecule has 1 saturated heterocycles. The van der Waals surface area contributed by atoms with E-state index in [1.54, 1.807) is 0 Å². The summed E-state index contributed by atoms with van der Waals surface area (Å²) < 4.78 is 0. The van der Waals surface area contributed by atoms with E-state index in [4.69, 9.17) is 5.11 Å². The number of anilines is 1. The largest absolute Gasteiger partial charge is 0.396 e. The van der Waals surface area contributed by atoms with Gasteiger partial charge in [-0.15, -0.1) is 0 Å². The molecule has 0 radical (unpaired) electrons. The number of hydrogen-bond donors (Lipinski definition) is 3. The van der Waals surface area contributed by atoms with Crippen molar-refractivity contribution >= 4 is 11.7 Å². The lowest BCUT2D eigenvalue weighted by molar-refractivity contribution is 0.199. The zero-order valence-corrected chi connectivity index (χ0v) is 14.8. The zero-order chi connectivity index (χ0) is 17.4. The molecule has 1 aromatic heterocycles. The number of carbonyl (C=O) groups is 1. The number of aromatic nitrogens is 1. The Morgan fingerprint density at radius 1 is 1.38 bits per heavy atom. The molecule has 1 aromatic rings. The standard InChI is InChI=1S/C18H30N4O2/c1-3-18(2,8-13-23)21-17(24)20-14-15-6-11-22(12-7-15)16-4-9-19-10-5-16/h4-5,9-10,15,23H,3,6-8,11-14H2,1-2H3,(H2,20,21,24). The van der Waals surface area contributed by atoms with Crippen molar-refractivity contribution < 1.29 is 9.90 Å². The monoisotopic (exact) mass is 334 g/mol. The van der Waals surface area contributed by atoms with Crippen molar-refractivity contribution in [1.82, 2.24) is 15.6 Å². The molecule has 1 aliphatic rings. The summed E-state index contributed by atoms with van der Waals surface area (Å²) >= 11 is 0. The van der Waals surface area contributed by atoms with Gasteiger partial charge in [0.25, 0.3) is 0 Å². The second-order valence-electron chi connectivity index (χ2n) is 6.86. The third-order valence-electron chi connectivity index (χ3n) is 5.05. The minimum absolute atomic E-state index is 0.0814. The smallest absolute Gasteiger partial charge is 0.315 e. The molecule has 1 aliphatic heterocycles. The van der Waals surface area contributed by atoms with Gasteiger partial charge in [-0.05, 0) is 50.7 Å². The molecule has 1 fully saturated rings. The van der Waals surface area contributed by atoms with Crippen LogP contribution in [0, 0.1) is 5.92 Å². The highest BCUT2D eigenvalue weighted by Crippen LogP contribution is 2.22. The Hall–Kier alpha value is -1.82. The van der Waals surface area contributed by atoms with E-state index in [9.17, 15) is 4.79 Å². The first-order valence-electron chi connectivity index (χ1n) is 8.88. The first-order valence-corrected chi connectivity index (χ1v) is 8.88. The fourth-order valence-electron chi connectivity index (χ4n) is 3.08. The van der Waals surface area contributed by atoms with Crippen LogP contribution < -0.4 is 15.5 Å². The highest BCUT2D eigenvalue weighted by atomic mass is 16.3. The minimum atomic E-state index is -0.344. The van der Waals surface area contributed by atoms with Gasteiger partial charge in [0, 0.05) is 49.9 Å². The summed E-state index contributed by atoms with van der Waals surface area (Å²) in [6, 6.07) is 3.95. The number of hydrogen-bond acceptors (Lipinski definition) is 4. The molecule has 2 rings (SSSR count). The van der Waals surface area contributed by atoms with Crippen LogP contribution in [0.25, 0.3) is 0 Å². The van der Waals surface area contributed by atoms with E-state index in [0.717, 1.165) is 32.4 Å². The van der Waals surface area contributed by atoms with Gasteiger partial charge < -0.3 is 20.6 Å². The van der Waals surface area contributed by atoms with Crippen LogP contribution in [0.1, 0.15) is 39.5 Å². The number of aliphatic hydroxyl groups excluding tert-OH is 1. The SMILES string of the molecule is CCC(C)(CCO)NC(=O)NCC1CCN(c2ccncc2)CC1. The third kappa shape index (κ3) is 5.37. The van der Waals surface area contributed by atoms with Gasteiger partial charge in [0.1, 0.15) is 0 Å². The number of aliphatic hydroxyl groups is 1. The number of pyridine rings is 1. The number of urea groups is 1. The third-order valence-corrected chi connectivity index (χ3v) is 5.05. The molecule has 24 heavy (non-hydrogen) atoms. The molecule has 0 bridgehead atoms. The summed E-state index contributed by atoms with van der Waals surface area (Å²) in [5.41, 5.74) is 0.876. The average molecular weight is 334 g/mol. The number of carbonyl (C=O) groups excluding carboxylic acids is 1. The number of nitrogens with zero attached hydrogens (tertiary/aromatic N) is 2. The van der Waals surface area contributed by atoms with Crippen LogP contribution in [0.5, 0.6) is 0 Å². The lowest BCUT2D eigenvalue weighted by Gasteiger charge is -2.34. The molecule has 2 amide bonds. The Kier molecular flexibility index (Phi) is 6.85. The number of amides is 2. The zero-order valence-electron chi connectivity index (χ0n) is 14.8. The maximum Gasteiger partial charge on any atom is 0.315 e. The lowest BCUT2D eigenvalue weighted by Crippen LogP contribution is -2.51. The summed E-state index contributed by atoms with van der Waals surface area (Å²) in [7, 11) is 0. The molecule has 6 nitrogen and oxygen atoms in total.